The second kappa shape index (κ2) is 9.44. The quantitative estimate of drug-likeness (QED) is 0.303. The number of pyridine rings is 1. The van der Waals surface area contributed by atoms with Crippen LogP contribution in [0.25, 0.3) is 16.6 Å². The summed E-state index contributed by atoms with van der Waals surface area (Å²) in [6, 6.07) is 20.1. The molecule has 0 unspecified atom stereocenters. The van der Waals surface area contributed by atoms with Crippen LogP contribution < -0.4 is 21.3 Å². The first kappa shape index (κ1) is 22.5. The average Bonchev–Trinajstić information content (AvgIpc) is 3.29. The molecule has 0 spiro atoms. The molecule has 2 aromatic carbocycles. The van der Waals surface area contributed by atoms with Crippen LogP contribution in [-0.2, 0) is 0 Å². The summed E-state index contributed by atoms with van der Waals surface area (Å²) in [5.41, 5.74) is 16.4. The Bertz CT molecular complexity index is 1380. The van der Waals surface area contributed by atoms with E-state index in [1.807, 2.05) is 30.3 Å². The Kier molecular flexibility index (Phi) is 6.25. The molecule has 0 radical (unpaired) electrons. The molecule has 4 rings (SSSR count). The van der Waals surface area contributed by atoms with Gasteiger partial charge in [0.2, 0.25) is 0 Å². The van der Waals surface area contributed by atoms with Gasteiger partial charge in [-0.15, -0.1) is 0 Å². The van der Waals surface area contributed by atoms with Gasteiger partial charge in [-0.2, -0.15) is 10.4 Å². The van der Waals surface area contributed by atoms with Crippen molar-refractivity contribution >= 4 is 28.8 Å². The van der Waals surface area contributed by atoms with Crippen LogP contribution in [0.5, 0.6) is 0 Å². The van der Waals surface area contributed by atoms with Crippen LogP contribution in [-0.4, -0.2) is 41.6 Å². The van der Waals surface area contributed by atoms with E-state index < -0.39 is 0 Å². The number of carbonyl (C=O) groups is 1. The van der Waals surface area contributed by atoms with Gasteiger partial charge in [-0.3, -0.25) is 10.2 Å². The first-order valence-electron chi connectivity index (χ1n) is 10.6. The lowest BCUT2D eigenvalue weighted by molar-refractivity contribution is 0.0993. The van der Waals surface area contributed by atoms with E-state index in [1.165, 1.54) is 0 Å². The van der Waals surface area contributed by atoms with E-state index in [0.29, 0.717) is 29.9 Å². The molecule has 170 valence electrons. The van der Waals surface area contributed by atoms with Crippen LogP contribution in [0.15, 0.2) is 73.1 Å². The molecule has 0 bridgehead atoms. The highest BCUT2D eigenvalue weighted by Crippen LogP contribution is 2.28. The third kappa shape index (κ3) is 4.30. The fourth-order valence-electron chi connectivity index (χ4n) is 3.75. The van der Waals surface area contributed by atoms with Gasteiger partial charge >= 0.3 is 0 Å². The van der Waals surface area contributed by atoms with Crippen molar-refractivity contribution in [1.82, 2.24) is 9.61 Å². The summed E-state index contributed by atoms with van der Waals surface area (Å²) < 4.78 is 1.72. The number of hydrogen-bond acceptors (Lipinski definition) is 5. The lowest BCUT2D eigenvalue weighted by Crippen LogP contribution is -2.39. The minimum Gasteiger partial charge on any atom is -0.370 e. The Hall–Kier alpha value is -4.68. The second-order valence-corrected chi connectivity index (χ2v) is 7.70. The Morgan fingerprint density at radius 2 is 1.79 bits per heavy atom. The number of nitrogens with one attached hydrogen (secondary N) is 1. The molecular formula is C25H24N8O. The molecule has 9 nitrogen and oxygen atoms in total. The van der Waals surface area contributed by atoms with Crippen LogP contribution >= 0.6 is 0 Å². The predicted octanol–water partition coefficient (Wildman–Crippen LogP) is 2.81. The van der Waals surface area contributed by atoms with E-state index in [2.05, 4.69) is 11.2 Å². The summed E-state index contributed by atoms with van der Waals surface area (Å²) >= 11 is 0. The van der Waals surface area contributed by atoms with E-state index in [1.54, 1.807) is 64.1 Å². The van der Waals surface area contributed by atoms with Gasteiger partial charge in [-0.25, -0.2) is 4.52 Å². The number of nitrogens with two attached hydrogens (primary N) is 2. The van der Waals surface area contributed by atoms with Crippen molar-refractivity contribution in [3.05, 3.63) is 84.2 Å². The predicted molar refractivity (Wildman–Crippen MR) is 133 cm³/mol. The average molecular weight is 453 g/mol. The lowest BCUT2D eigenvalue weighted by Gasteiger charge is -2.22. The minimum atomic E-state index is -0.173. The molecule has 2 aromatic heterocycles. The van der Waals surface area contributed by atoms with Crippen LogP contribution in [0, 0.1) is 16.7 Å². The molecule has 0 saturated heterocycles. The zero-order valence-electron chi connectivity index (χ0n) is 18.6. The Balaban J connectivity index is 1.64. The fourth-order valence-corrected chi connectivity index (χ4v) is 3.75. The van der Waals surface area contributed by atoms with E-state index in [9.17, 15) is 4.79 Å². The monoisotopic (exact) mass is 452 g/mol. The molecule has 2 heterocycles. The van der Waals surface area contributed by atoms with E-state index in [0.717, 1.165) is 22.3 Å². The Morgan fingerprint density at radius 1 is 1.12 bits per heavy atom. The number of amides is 1. The molecule has 0 saturated carbocycles. The van der Waals surface area contributed by atoms with Gasteiger partial charge in [0, 0.05) is 48.8 Å². The lowest BCUT2D eigenvalue weighted by atomic mass is 10.1. The highest BCUT2D eigenvalue weighted by molar-refractivity contribution is 6.06. The summed E-state index contributed by atoms with van der Waals surface area (Å²) in [4.78, 5) is 16.3. The molecule has 34 heavy (non-hydrogen) atoms. The minimum absolute atomic E-state index is 0.0660. The largest absolute Gasteiger partial charge is 0.370 e. The Labute approximate surface area is 196 Å². The van der Waals surface area contributed by atoms with E-state index in [-0.39, 0.29) is 11.9 Å². The number of nitriles is 1. The zero-order valence-corrected chi connectivity index (χ0v) is 18.6. The second-order valence-electron chi connectivity index (χ2n) is 7.70. The number of anilines is 2. The topological polar surface area (TPSA) is 141 Å². The van der Waals surface area contributed by atoms with Crippen LogP contribution in [0.4, 0.5) is 11.4 Å². The van der Waals surface area contributed by atoms with Gasteiger partial charge in [-0.1, -0.05) is 12.1 Å². The molecule has 0 aliphatic carbocycles. The molecule has 0 aliphatic rings. The first-order valence-corrected chi connectivity index (χ1v) is 10.6. The molecule has 1 amide bonds. The maximum Gasteiger partial charge on any atom is 0.258 e. The highest BCUT2D eigenvalue weighted by atomic mass is 16.2. The van der Waals surface area contributed by atoms with Gasteiger partial charge in [0.25, 0.3) is 5.91 Å². The smallest absolute Gasteiger partial charge is 0.258 e. The summed E-state index contributed by atoms with van der Waals surface area (Å²) in [7, 11) is 1.70. The van der Waals surface area contributed by atoms with Gasteiger partial charge in [0.15, 0.2) is 5.96 Å². The number of nitrogens with zero attached hydrogens (tertiary/aromatic N) is 5. The molecular weight excluding hydrogens is 428 g/mol. The third-order valence-electron chi connectivity index (χ3n) is 5.59. The maximum atomic E-state index is 13.1. The molecule has 4 aromatic rings. The highest BCUT2D eigenvalue weighted by Gasteiger charge is 2.16. The molecule has 9 heteroatoms. The van der Waals surface area contributed by atoms with E-state index >= 15 is 0 Å². The van der Waals surface area contributed by atoms with Crippen molar-refractivity contribution < 1.29 is 4.79 Å². The zero-order chi connectivity index (χ0) is 24.2. The molecule has 0 fully saturated rings. The number of aromatic nitrogens is 2. The number of benzene rings is 2. The van der Waals surface area contributed by atoms with E-state index in [4.69, 9.17) is 22.1 Å². The number of fused-ring (bicyclic) bond motifs is 1. The standard InChI is InChI=1S/C25H24N8O/c1-31(20-6-2-17(15-27)3-7-20)24(34)19-10-12-33-23(14-19)22(16-30-33)18-4-8-21(9-5-18)32(13-11-26)25(28)29/h2-10,12,14,16H,11,13,26H2,1H3,(H3,28,29). The van der Waals surface area contributed by atoms with Crippen LogP contribution in [0.1, 0.15) is 15.9 Å². The van der Waals surface area contributed by atoms with Crippen LogP contribution in [0.2, 0.25) is 0 Å². The van der Waals surface area contributed by atoms with Crippen molar-refractivity contribution in [3.8, 4) is 17.2 Å². The van der Waals surface area contributed by atoms with Crippen molar-refractivity contribution in [2.75, 3.05) is 29.9 Å². The molecule has 0 atom stereocenters. The van der Waals surface area contributed by atoms with Crippen molar-refractivity contribution in [1.29, 1.82) is 10.7 Å². The number of hydrogen-bond donors (Lipinski definition) is 3. The number of rotatable bonds is 6. The molecule has 0 aliphatic heterocycles. The number of guanidine groups is 1. The third-order valence-corrected chi connectivity index (χ3v) is 5.59. The number of carbonyl (C=O) groups excluding carboxylic acids is 1. The van der Waals surface area contributed by atoms with Gasteiger partial charge in [-0.05, 0) is 54.1 Å². The summed E-state index contributed by atoms with van der Waals surface area (Å²) in [5.74, 6) is -0.239. The van der Waals surface area contributed by atoms with Gasteiger partial charge < -0.3 is 21.3 Å². The maximum absolute atomic E-state index is 13.1. The van der Waals surface area contributed by atoms with Crippen molar-refractivity contribution in [2.24, 2.45) is 11.5 Å². The van der Waals surface area contributed by atoms with Gasteiger partial charge in [0.1, 0.15) is 0 Å². The van der Waals surface area contributed by atoms with Gasteiger partial charge in [0.05, 0.1) is 23.3 Å². The SMILES string of the molecule is CN(C(=O)c1ccn2ncc(-c3ccc(N(CCN)C(=N)N)cc3)c2c1)c1ccc(C#N)cc1. The normalized spacial score (nSPS) is 10.6. The molecule has 5 N–H and O–H groups in total. The summed E-state index contributed by atoms with van der Waals surface area (Å²) in [5, 5.41) is 21.2. The van der Waals surface area contributed by atoms with Crippen LogP contribution in [0.3, 0.4) is 0 Å². The Morgan fingerprint density at radius 3 is 2.41 bits per heavy atom. The first-order chi connectivity index (χ1) is 16.4. The summed E-state index contributed by atoms with van der Waals surface area (Å²) in [6.07, 6.45) is 3.51. The van der Waals surface area contributed by atoms with Crippen molar-refractivity contribution in [2.45, 2.75) is 0 Å². The van der Waals surface area contributed by atoms with Crippen molar-refractivity contribution in [3.63, 3.8) is 0 Å². The fraction of sp³-hybridized carbons (Fsp3) is 0.120. The summed E-state index contributed by atoms with van der Waals surface area (Å²) in [6.45, 7) is 0.826.